The molecule has 0 saturated heterocycles. The second kappa shape index (κ2) is 6.06. The van der Waals surface area contributed by atoms with Crippen LogP contribution in [0.2, 0.25) is 0 Å². The van der Waals surface area contributed by atoms with Crippen LogP contribution in [0.1, 0.15) is 34.1 Å². The van der Waals surface area contributed by atoms with Crippen LogP contribution >= 0.6 is 11.6 Å². The van der Waals surface area contributed by atoms with Gasteiger partial charge in [-0.25, -0.2) is 8.42 Å². The van der Waals surface area contributed by atoms with Crippen molar-refractivity contribution in [2.75, 3.05) is 18.2 Å². The highest BCUT2D eigenvalue weighted by molar-refractivity contribution is 7.92. The molecule has 0 aliphatic carbocycles. The van der Waals surface area contributed by atoms with Crippen LogP contribution in [0.5, 0.6) is 0 Å². The lowest BCUT2D eigenvalue weighted by Gasteiger charge is -2.20. The van der Waals surface area contributed by atoms with E-state index in [2.05, 4.69) is 5.32 Å². The molecule has 0 aliphatic heterocycles. The second-order valence-electron chi connectivity index (χ2n) is 4.76. The minimum Gasteiger partial charge on any atom is -0.313 e. The number of rotatable bonds is 6. The normalized spacial score (nSPS) is 15.3. The molecule has 0 aromatic carbocycles. The molecule has 0 amide bonds. The van der Waals surface area contributed by atoms with Crippen molar-refractivity contribution >= 4 is 21.4 Å². The number of hydrogen-bond donors (Lipinski definition) is 1. The maximum absolute atomic E-state index is 11.7. The quantitative estimate of drug-likeness (QED) is 0.737. The van der Waals surface area contributed by atoms with Crippen LogP contribution < -0.4 is 5.32 Å². The van der Waals surface area contributed by atoms with Gasteiger partial charge in [-0.1, -0.05) is 0 Å². The van der Waals surface area contributed by atoms with Gasteiger partial charge in [0, 0.05) is 18.5 Å². The Balaban J connectivity index is 3.97. The summed E-state index contributed by atoms with van der Waals surface area (Å²) >= 11 is 5.58. The lowest BCUT2D eigenvalue weighted by Crippen LogP contribution is -2.37. The Bertz CT molecular complexity index is 270. The van der Waals surface area contributed by atoms with Crippen LogP contribution in [0.15, 0.2) is 0 Å². The Kier molecular flexibility index (Phi) is 6.14. The first kappa shape index (κ1) is 15.2. The lowest BCUT2D eigenvalue weighted by atomic mass is 10.2. The number of hydrogen-bond acceptors (Lipinski definition) is 3. The third-order valence-corrected chi connectivity index (χ3v) is 5.16. The van der Waals surface area contributed by atoms with Gasteiger partial charge in [-0.05, 0) is 34.1 Å². The lowest BCUT2D eigenvalue weighted by molar-refractivity contribution is 0.534. The molecular weight excluding hydrogens is 234 g/mol. The molecule has 0 rings (SSSR count). The van der Waals surface area contributed by atoms with E-state index in [0.717, 1.165) is 6.42 Å². The van der Waals surface area contributed by atoms with Gasteiger partial charge in [-0.15, -0.1) is 11.6 Å². The smallest absolute Gasteiger partial charge is 0.156 e. The minimum atomic E-state index is -3.00. The molecule has 3 nitrogen and oxygen atoms in total. The predicted octanol–water partition coefficient (Wildman–Crippen LogP) is 1.81. The fourth-order valence-corrected chi connectivity index (χ4v) is 2.34. The van der Waals surface area contributed by atoms with Crippen molar-refractivity contribution in [3.8, 4) is 0 Å². The largest absolute Gasteiger partial charge is 0.313 e. The molecule has 0 saturated carbocycles. The average molecular weight is 256 g/mol. The zero-order chi connectivity index (χ0) is 12.1. The van der Waals surface area contributed by atoms with Crippen LogP contribution in [0, 0.1) is 0 Å². The van der Waals surface area contributed by atoms with Crippen molar-refractivity contribution in [3.63, 3.8) is 0 Å². The van der Waals surface area contributed by atoms with Gasteiger partial charge in [0.15, 0.2) is 9.84 Å². The van der Waals surface area contributed by atoms with Gasteiger partial charge in [0.2, 0.25) is 0 Å². The van der Waals surface area contributed by atoms with Gasteiger partial charge in [0.1, 0.15) is 0 Å². The topological polar surface area (TPSA) is 46.2 Å². The van der Waals surface area contributed by atoms with E-state index < -0.39 is 14.6 Å². The number of alkyl halides is 1. The average Bonchev–Trinajstić information content (AvgIpc) is 2.01. The van der Waals surface area contributed by atoms with E-state index in [1.807, 2.05) is 6.92 Å². The van der Waals surface area contributed by atoms with Crippen LogP contribution in [0.25, 0.3) is 0 Å². The summed E-state index contributed by atoms with van der Waals surface area (Å²) in [6, 6.07) is 0.276. The summed E-state index contributed by atoms with van der Waals surface area (Å²) in [6.07, 6.45) is 0.858. The van der Waals surface area contributed by atoms with Gasteiger partial charge >= 0.3 is 0 Å². The van der Waals surface area contributed by atoms with Crippen LogP contribution in [0.3, 0.4) is 0 Å². The molecule has 1 N–H and O–H groups in total. The molecule has 0 spiro atoms. The first-order valence-corrected chi connectivity index (χ1v) is 7.41. The van der Waals surface area contributed by atoms with E-state index in [1.54, 1.807) is 20.8 Å². The van der Waals surface area contributed by atoms with Crippen LogP contribution in [-0.2, 0) is 9.84 Å². The summed E-state index contributed by atoms with van der Waals surface area (Å²) in [4.78, 5) is 0. The van der Waals surface area contributed by atoms with Crippen LogP contribution in [-0.4, -0.2) is 37.4 Å². The summed E-state index contributed by atoms with van der Waals surface area (Å²) in [5, 5.41) is 3.15. The van der Waals surface area contributed by atoms with Crippen molar-refractivity contribution in [1.29, 1.82) is 0 Å². The van der Waals surface area contributed by atoms with E-state index >= 15 is 0 Å². The Hall–Kier alpha value is 0.200. The summed E-state index contributed by atoms with van der Waals surface area (Å²) in [5.41, 5.74) is 0. The van der Waals surface area contributed by atoms with Gasteiger partial charge in [-0.2, -0.15) is 0 Å². The van der Waals surface area contributed by atoms with Gasteiger partial charge in [0.05, 0.1) is 10.5 Å². The summed E-state index contributed by atoms with van der Waals surface area (Å²) in [6.45, 7) is 7.68. The first-order chi connectivity index (χ1) is 6.70. The SMILES string of the molecule is CC(CCCl)NCCS(=O)(=O)C(C)(C)C. The maximum Gasteiger partial charge on any atom is 0.156 e. The highest BCUT2D eigenvalue weighted by Crippen LogP contribution is 2.15. The summed E-state index contributed by atoms with van der Waals surface area (Å²) < 4.78 is 22.8. The highest BCUT2D eigenvalue weighted by Gasteiger charge is 2.28. The Morgan fingerprint density at radius 3 is 2.27 bits per heavy atom. The zero-order valence-corrected chi connectivity index (χ0v) is 11.6. The van der Waals surface area contributed by atoms with E-state index in [0.29, 0.717) is 12.4 Å². The number of nitrogens with one attached hydrogen (secondary N) is 1. The maximum atomic E-state index is 11.7. The Labute approximate surface area is 98.5 Å². The van der Waals surface area contributed by atoms with E-state index in [9.17, 15) is 8.42 Å². The molecule has 0 aromatic rings. The first-order valence-electron chi connectivity index (χ1n) is 5.22. The Morgan fingerprint density at radius 1 is 1.33 bits per heavy atom. The highest BCUT2D eigenvalue weighted by atomic mass is 35.5. The summed E-state index contributed by atoms with van der Waals surface area (Å²) in [5.74, 6) is 0.781. The zero-order valence-electron chi connectivity index (χ0n) is 10.0. The molecule has 0 heterocycles. The van der Waals surface area contributed by atoms with Gasteiger partial charge in [0.25, 0.3) is 0 Å². The fraction of sp³-hybridized carbons (Fsp3) is 1.00. The van der Waals surface area contributed by atoms with Crippen molar-refractivity contribution in [1.82, 2.24) is 5.32 Å². The van der Waals surface area contributed by atoms with Crippen LogP contribution in [0.4, 0.5) is 0 Å². The summed E-state index contributed by atoms with van der Waals surface area (Å²) in [7, 11) is -3.00. The predicted molar refractivity (Wildman–Crippen MR) is 66.3 cm³/mol. The monoisotopic (exact) mass is 255 g/mol. The molecular formula is C10H22ClNO2S. The third kappa shape index (κ3) is 5.73. The molecule has 0 radical (unpaired) electrons. The standard InChI is InChI=1S/C10H22ClNO2S/c1-9(5-6-11)12-7-8-15(13,14)10(2,3)4/h9,12H,5-8H2,1-4H3. The molecule has 92 valence electrons. The van der Waals surface area contributed by atoms with Crippen molar-refractivity contribution in [2.45, 2.75) is 44.9 Å². The third-order valence-electron chi connectivity index (χ3n) is 2.34. The minimum absolute atomic E-state index is 0.184. The van der Waals surface area contributed by atoms with E-state index in [4.69, 9.17) is 11.6 Å². The van der Waals surface area contributed by atoms with E-state index in [1.165, 1.54) is 0 Å². The molecule has 0 fully saturated rings. The van der Waals surface area contributed by atoms with Crippen molar-refractivity contribution in [2.24, 2.45) is 0 Å². The van der Waals surface area contributed by atoms with Gasteiger partial charge in [-0.3, -0.25) is 0 Å². The van der Waals surface area contributed by atoms with E-state index in [-0.39, 0.29) is 11.8 Å². The molecule has 1 atom stereocenters. The molecule has 0 aromatic heterocycles. The molecule has 15 heavy (non-hydrogen) atoms. The number of halogens is 1. The molecule has 1 unspecified atom stereocenters. The molecule has 0 aliphatic rings. The van der Waals surface area contributed by atoms with Crippen molar-refractivity contribution < 1.29 is 8.42 Å². The number of sulfone groups is 1. The fourth-order valence-electron chi connectivity index (χ4n) is 1.01. The van der Waals surface area contributed by atoms with Crippen molar-refractivity contribution in [3.05, 3.63) is 0 Å². The molecule has 0 bridgehead atoms. The molecule has 5 heteroatoms. The van der Waals surface area contributed by atoms with Gasteiger partial charge < -0.3 is 5.32 Å². The second-order valence-corrected chi connectivity index (χ2v) is 8.00. The Morgan fingerprint density at radius 2 is 1.87 bits per heavy atom.